The van der Waals surface area contributed by atoms with Gasteiger partial charge in [0.25, 0.3) is 0 Å². The molecular weight excluding hydrogens is 282 g/mol. The van der Waals surface area contributed by atoms with Gasteiger partial charge in [-0.1, -0.05) is 37.5 Å². The zero-order chi connectivity index (χ0) is 16.0. The van der Waals surface area contributed by atoms with Crippen molar-refractivity contribution in [3.8, 4) is 0 Å². The second-order valence-corrected chi connectivity index (χ2v) is 8.20. The van der Waals surface area contributed by atoms with Crippen molar-refractivity contribution < 1.29 is 8.42 Å². The van der Waals surface area contributed by atoms with Crippen LogP contribution in [-0.4, -0.2) is 27.0 Å². The molecule has 1 aromatic rings. The molecule has 0 saturated heterocycles. The van der Waals surface area contributed by atoms with Crippen LogP contribution in [0, 0.1) is 20.8 Å². The predicted molar refractivity (Wildman–Crippen MR) is 90.6 cm³/mol. The van der Waals surface area contributed by atoms with Crippen molar-refractivity contribution in [3.63, 3.8) is 0 Å². The van der Waals surface area contributed by atoms with Gasteiger partial charge in [-0.25, -0.2) is 8.42 Å². The van der Waals surface area contributed by atoms with E-state index in [1.807, 2.05) is 7.05 Å². The maximum absolute atomic E-state index is 12.3. The highest BCUT2D eigenvalue weighted by Crippen LogP contribution is 2.25. The van der Waals surface area contributed by atoms with Gasteiger partial charge in [-0.15, -0.1) is 0 Å². The molecule has 1 atom stereocenters. The van der Waals surface area contributed by atoms with Crippen LogP contribution in [0.3, 0.4) is 0 Å². The fourth-order valence-electron chi connectivity index (χ4n) is 2.96. The summed E-state index contributed by atoms with van der Waals surface area (Å²) in [6, 6.07) is 4.12. The van der Waals surface area contributed by atoms with Gasteiger partial charge in [-0.2, -0.15) is 0 Å². The highest BCUT2D eigenvalue weighted by Gasteiger charge is 2.22. The van der Waals surface area contributed by atoms with Gasteiger partial charge in [-0.3, -0.25) is 0 Å². The standard InChI is InChI=1S/C17H29NO2S/c1-6-7-8-9-21(19,20)12-16(18-5)17-14(3)10-13(2)11-15(17)4/h10-11,16,18H,6-9,12H2,1-5H3. The zero-order valence-electron chi connectivity index (χ0n) is 14.0. The van der Waals surface area contributed by atoms with Crippen LogP contribution in [0.2, 0.25) is 0 Å². The lowest BCUT2D eigenvalue weighted by Gasteiger charge is -2.22. The highest BCUT2D eigenvalue weighted by atomic mass is 32.2. The Morgan fingerprint density at radius 3 is 2.14 bits per heavy atom. The first-order valence-electron chi connectivity index (χ1n) is 7.76. The molecule has 21 heavy (non-hydrogen) atoms. The van der Waals surface area contributed by atoms with Crippen molar-refractivity contribution in [2.75, 3.05) is 18.6 Å². The van der Waals surface area contributed by atoms with Crippen LogP contribution in [0.15, 0.2) is 12.1 Å². The lowest BCUT2D eigenvalue weighted by molar-refractivity contribution is 0.568. The Morgan fingerprint density at radius 1 is 1.10 bits per heavy atom. The second-order valence-electron chi connectivity index (χ2n) is 5.98. The van der Waals surface area contributed by atoms with Crippen molar-refractivity contribution in [1.82, 2.24) is 5.32 Å². The fraction of sp³-hybridized carbons (Fsp3) is 0.647. The van der Waals surface area contributed by atoms with Crippen molar-refractivity contribution in [2.24, 2.45) is 0 Å². The normalized spacial score (nSPS) is 13.4. The summed E-state index contributed by atoms with van der Waals surface area (Å²) < 4.78 is 24.6. The molecule has 0 fully saturated rings. The summed E-state index contributed by atoms with van der Waals surface area (Å²) in [6.07, 6.45) is 2.79. The molecule has 1 aromatic carbocycles. The molecule has 1 rings (SSSR count). The minimum absolute atomic E-state index is 0.128. The van der Waals surface area contributed by atoms with E-state index < -0.39 is 9.84 Å². The average Bonchev–Trinajstić information content (AvgIpc) is 2.36. The van der Waals surface area contributed by atoms with Crippen molar-refractivity contribution >= 4 is 9.84 Å². The Bertz CT molecular complexity index is 541. The number of nitrogens with one attached hydrogen (secondary N) is 1. The molecule has 0 radical (unpaired) electrons. The van der Waals surface area contributed by atoms with Crippen LogP contribution >= 0.6 is 0 Å². The molecule has 1 N–H and O–H groups in total. The minimum Gasteiger partial charge on any atom is -0.312 e. The van der Waals surface area contributed by atoms with Crippen LogP contribution < -0.4 is 5.32 Å². The van der Waals surface area contributed by atoms with E-state index in [0.29, 0.717) is 5.75 Å². The molecule has 120 valence electrons. The topological polar surface area (TPSA) is 46.2 Å². The van der Waals surface area contributed by atoms with Gasteiger partial charge in [0.05, 0.1) is 11.5 Å². The van der Waals surface area contributed by atoms with Gasteiger partial charge in [0, 0.05) is 6.04 Å². The minimum atomic E-state index is -3.02. The maximum atomic E-state index is 12.3. The molecule has 0 bridgehead atoms. The molecule has 0 aliphatic rings. The fourth-order valence-corrected chi connectivity index (χ4v) is 4.61. The number of hydrogen-bond acceptors (Lipinski definition) is 3. The van der Waals surface area contributed by atoms with Gasteiger partial charge in [0.2, 0.25) is 0 Å². The molecule has 1 unspecified atom stereocenters. The first-order chi connectivity index (χ1) is 9.80. The summed E-state index contributed by atoms with van der Waals surface area (Å²) in [6.45, 7) is 8.27. The smallest absolute Gasteiger partial charge is 0.152 e. The number of hydrogen-bond donors (Lipinski definition) is 1. The average molecular weight is 311 g/mol. The summed E-state index contributed by atoms with van der Waals surface area (Å²) >= 11 is 0. The van der Waals surface area contributed by atoms with Gasteiger partial charge in [0.1, 0.15) is 0 Å². The molecule has 0 heterocycles. The van der Waals surface area contributed by atoms with E-state index in [1.165, 1.54) is 5.56 Å². The van der Waals surface area contributed by atoms with E-state index in [9.17, 15) is 8.42 Å². The number of unbranched alkanes of at least 4 members (excludes halogenated alkanes) is 2. The predicted octanol–water partition coefficient (Wildman–Crippen LogP) is 3.48. The molecule has 0 aromatic heterocycles. The van der Waals surface area contributed by atoms with Crippen LogP contribution in [0.1, 0.15) is 54.5 Å². The highest BCUT2D eigenvalue weighted by molar-refractivity contribution is 7.91. The first kappa shape index (κ1) is 18.2. The zero-order valence-corrected chi connectivity index (χ0v) is 14.8. The van der Waals surface area contributed by atoms with E-state index >= 15 is 0 Å². The molecular formula is C17H29NO2S. The SMILES string of the molecule is CCCCCS(=O)(=O)CC(NC)c1c(C)cc(C)cc1C. The third kappa shape index (κ3) is 5.44. The quantitative estimate of drug-likeness (QED) is 0.748. The van der Waals surface area contributed by atoms with Crippen LogP contribution in [0.25, 0.3) is 0 Å². The maximum Gasteiger partial charge on any atom is 0.152 e. The lowest BCUT2D eigenvalue weighted by Crippen LogP contribution is -2.28. The Labute approximate surface area is 130 Å². The molecule has 0 spiro atoms. The van der Waals surface area contributed by atoms with Crippen molar-refractivity contribution in [3.05, 3.63) is 34.4 Å². The van der Waals surface area contributed by atoms with Crippen molar-refractivity contribution in [2.45, 2.75) is 53.0 Å². The summed E-state index contributed by atoms with van der Waals surface area (Å²) in [5.74, 6) is 0.473. The number of benzene rings is 1. The van der Waals surface area contributed by atoms with Gasteiger partial charge < -0.3 is 5.32 Å². The number of rotatable bonds is 8. The largest absolute Gasteiger partial charge is 0.312 e. The number of sulfone groups is 1. The molecule has 4 heteroatoms. The van der Waals surface area contributed by atoms with E-state index in [2.05, 4.69) is 45.1 Å². The summed E-state index contributed by atoms with van der Waals surface area (Å²) in [5, 5.41) is 3.19. The number of aryl methyl sites for hydroxylation is 3. The van der Waals surface area contributed by atoms with Crippen LogP contribution in [0.5, 0.6) is 0 Å². The molecule has 0 aliphatic carbocycles. The van der Waals surface area contributed by atoms with Crippen LogP contribution in [0.4, 0.5) is 0 Å². The van der Waals surface area contributed by atoms with E-state index in [-0.39, 0.29) is 11.8 Å². The summed E-state index contributed by atoms with van der Waals surface area (Å²) in [7, 11) is -1.18. The molecule has 0 aliphatic heterocycles. The molecule has 0 amide bonds. The van der Waals surface area contributed by atoms with Gasteiger partial charge >= 0.3 is 0 Å². The third-order valence-electron chi connectivity index (χ3n) is 3.91. The Hall–Kier alpha value is -0.870. The molecule has 0 saturated carbocycles. The van der Waals surface area contributed by atoms with E-state index in [4.69, 9.17) is 0 Å². The summed E-state index contributed by atoms with van der Waals surface area (Å²) in [5.41, 5.74) is 4.67. The Kier molecular flexibility index (Phi) is 6.88. The Balaban J connectivity index is 2.94. The van der Waals surface area contributed by atoms with Crippen LogP contribution in [-0.2, 0) is 9.84 Å². The second kappa shape index (κ2) is 7.95. The Morgan fingerprint density at radius 2 is 1.67 bits per heavy atom. The lowest BCUT2D eigenvalue weighted by atomic mass is 9.95. The third-order valence-corrected chi connectivity index (χ3v) is 5.67. The monoisotopic (exact) mass is 311 g/mol. The van der Waals surface area contributed by atoms with Gasteiger partial charge in [-0.05, 0) is 50.9 Å². The summed E-state index contributed by atoms with van der Waals surface area (Å²) in [4.78, 5) is 0. The van der Waals surface area contributed by atoms with E-state index in [1.54, 1.807) is 0 Å². The first-order valence-corrected chi connectivity index (χ1v) is 9.58. The van der Waals surface area contributed by atoms with E-state index in [0.717, 1.165) is 36.0 Å². The van der Waals surface area contributed by atoms with Crippen molar-refractivity contribution in [1.29, 1.82) is 0 Å². The molecule has 3 nitrogen and oxygen atoms in total. The van der Waals surface area contributed by atoms with Gasteiger partial charge in [0.15, 0.2) is 9.84 Å².